The highest BCUT2D eigenvalue weighted by molar-refractivity contribution is 6.30. The van der Waals surface area contributed by atoms with E-state index in [9.17, 15) is 4.39 Å². The number of hydrogen-bond acceptors (Lipinski definition) is 3. The Balaban J connectivity index is 3.05. The largest absolute Gasteiger partial charge is 0.329 e. The average molecular weight is 302 g/mol. The zero-order valence-electron chi connectivity index (χ0n) is 12.7. The van der Waals surface area contributed by atoms with Crippen molar-refractivity contribution in [1.82, 2.24) is 9.80 Å². The van der Waals surface area contributed by atoms with Gasteiger partial charge < -0.3 is 10.6 Å². The molecule has 0 aliphatic heterocycles. The maximum Gasteiger partial charge on any atom is 0.128 e. The van der Waals surface area contributed by atoms with Crippen LogP contribution in [0.3, 0.4) is 0 Å². The number of hydrogen-bond donors (Lipinski definition) is 1. The summed E-state index contributed by atoms with van der Waals surface area (Å²) in [6.07, 6.45) is 0. The molecule has 1 rings (SSSR count). The Labute approximate surface area is 126 Å². The van der Waals surface area contributed by atoms with Crippen molar-refractivity contribution < 1.29 is 4.39 Å². The Morgan fingerprint density at radius 2 is 2.00 bits per heavy atom. The molecule has 0 bridgehead atoms. The van der Waals surface area contributed by atoms with E-state index in [0.717, 1.165) is 13.1 Å². The van der Waals surface area contributed by atoms with Crippen molar-refractivity contribution in [2.24, 2.45) is 5.73 Å². The van der Waals surface area contributed by atoms with Crippen molar-refractivity contribution >= 4 is 11.6 Å². The fraction of sp³-hybridized carbons (Fsp3) is 0.600. The van der Waals surface area contributed by atoms with Crippen LogP contribution in [0.5, 0.6) is 0 Å². The second kappa shape index (κ2) is 7.93. The minimum absolute atomic E-state index is 0.159. The number of benzene rings is 1. The van der Waals surface area contributed by atoms with Crippen LogP contribution in [0.25, 0.3) is 0 Å². The van der Waals surface area contributed by atoms with E-state index >= 15 is 0 Å². The summed E-state index contributed by atoms with van der Waals surface area (Å²) >= 11 is 6.00. The van der Waals surface area contributed by atoms with E-state index in [-0.39, 0.29) is 17.9 Å². The minimum atomic E-state index is -0.250. The van der Waals surface area contributed by atoms with Crippen LogP contribution >= 0.6 is 11.6 Å². The molecule has 0 heterocycles. The maximum atomic E-state index is 14.1. The molecule has 1 aromatic rings. The first-order chi connectivity index (χ1) is 9.40. The van der Waals surface area contributed by atoms with E-state index < -0.39 is 0 Å². The number of likely N-dealkylation sites (N-methyl/N-ethyl adjacent to an activating group) is 2. The van der Waals surface area contributed by atoms with Gasteiger partial charge in [-0.1, -0.05) is 18.5 Å². The molecule has 20 heavy (non-hydrogen) atoms. The van der Waals surface area contributed by atoms with Crippen LogP contribution in [0.15, 0.2) is 18.2 Å². The Morgan fingerprint density at radius 3 is 2.50 bits per heavy atom. The van der Waals surface area contributed by atoms with Gasteiger partial charge in [0.25, 0.3) is 0 Å². The first-order valence-corrected chi connectivity index (χ1v) is 7.34. The predicted octanol–water partition coefficient (Wildman–Crippen LogP) is 2.75. The Bertz CT molecular complexity index is 426. The molecule has 2 unspecified atom stereocenters. The zero-order valence-corrected chi connectivity index (χ0v) is 13.5. The second-order valence-electron chi connectivity index (χ2n) is 5.36. The Morgan fingerprint density at radius 1 is 1.35 bits per heavy atom. The minimum Gasteiger partial charge on any atom is -0.329 e. The van der Waals surface area contributed by atoms with Crippen molar-refractivity contribution in [3.05, 3.63) is 34.6 Å². The monoisotopic (exact) mass is 301 g/mol. The molecule has 0 amide bonds. The van der Waals surface area contributed by atoms with Gasteiger partial charge in [-0.25, -0.2) is 4.39 Å². The van der Waals surface area contributed by atoms with Crippen LogP contribution < -0.4 is 5.73 Å². The molecule has 0 spiro atoms. The Hall–Kier alpha value is -0.680. The second-order valence-corrected chi connectivity index (χ2v) is 5.80. The lowest BCUT2D eigenvalue weighted by molar-refractivity contribution is 0.129. The fourth-order valence-electron chi connectivity index (χ4n) is 2.68. The number of nitrogens with zero attached hydrogens (tertiary/aromatic N) is 2. The van der Waals surface area contributed by atoms with Crippen molar-refractivity contribution in [3.63, 3.8) is 0 Å². The van der Waals surface area contributed by atoms with E-state index in [2.05, 4.69) is 23.6 Å². The van der Waals surface area contributed by atoms with Gasteiger partial charge in [0.05, 0.1) is 6.04 Å². The van der Waals surface area contributed by atoms with E-state index in [1.165, 1.54) is 6.07 Å². The summed E-state index contributed by atoms with van der Waals surface area (Å²) in [5.41, 5.74) is 6.48. The average Bonchev–Trinajstić information content (AvgIpc) is 2.38. The molecule has 0 aliphatic carbocycles. The van der Waals surface area contributed by atoms with E-state index in [1.807, 2.05) is 14.1 Å². The van der Waals surface area contributed by atoms with Gasteiger partial charge in [-0.05, 0) is 45.8 Å². The lowest BCUT2D eigenvalue weighted by atomic mass is 10.0. The molecule has 2 atom stereocenters. The van der Waals surface area contributed by atoms with Gasteiger partial charge in [0, 0.05) is 29.7 Å². The standard InChI is InChI=1S/C15H25ClFN3/c1-5-20(11(2)10-19(3)4)15(9-18)13-8-12(16)6-7-14(13)17/h6-8,11,15H,5,9-10,18H2,1-4H3. The molecule has 0 saturated heterocycles. The van der Waals surface area contributed by atoms with E-state index in [0.29, 0.717) is 17.1 Å². The summed E-state index contributed by atoms with van der Waals surface area (Å²) in [7, 11) is 4.06. The SMILES string of the molecule is CCN(C(C)CN(C)C)C(CN)c1cc(Cl)ccc1F. The third kappa shape index (κ3) is 4.42. The van der Waals surface area contributed by atoms with Gasteiger partial charge in [0.2, 0.25) is 0 Å². The van der Waals surface area contributed by atoms with Crippen LogP contribution in [-0.2, 0) is 0 Å². The highest BCUT2D eigenvalue weighted by atomic mass is 35.5. The maximum absolute atomic E-state index is 14.1. The molecule has 0 fully saturated rings. The summed E-state index contributed by atoms with van der Waals surface area (Å²) in [6, 6.07) is 4.77. The van der Waals surface area contributed by atoms with Crippen molar-refractivity contribution in [1.29, 1.82) is 0 Å². The quantitative estimate of drug-likeness (QED) is 0.840. The van der Waals surface area contributed by atoms with Gasteiger partial charge >= 0.3 is 0 Å². The molecule has 5 heteroatoms. The predicted molar refractivity (Wildman–Crippen MR) is 83.6 cm³/mol. The van der Waals surface area contributed by atoms with Gasteiger partial charge in [0.1, 0.15) is 5.82 Å². The summed E-state index contributed by atoms with van der Waals surface area (Å²) in [6.45, 7) is 6.27. The molecular formula is C15H25ClFN3. The first kappa shape index (κ1) is 17.4. The van der Waals surface area contributed by atoms with Crippen LogP contribution in [0.4, 0.5) is 4.39 Å². The molecule has 0 aliphatic rings. The third-order valence-corrected chi connectivity index (χ3v) is 3.74. The summed E-state index contributed by atoms with van der Waals surface area (Å²) in [4.78, 5) is 4.34. The van der Waals surface area contributed by atoms with Crippen LogP contribution in [0.2, 0.25) is 5.02 Å². The Kier molecular flexibility index (Phi) is 6.89. The number of nitrogens with two attached hydrogens (primary N) is 1. The smallest absolute Gasteiger partial charge is 0.128 e. The van der Waals surface area contributed by atoms with E-state index in [1.54, 1.807) is 12.1 Å². The molecule has 3 nitrogen and oxygen atoms in total. The molecule has 0 saturated carbocycles. The van der Waals surface area contributed by atoms with Gasteiger partial charge in [-0.3, -0.25) is 4.90 Å². The van der Waals surface area contributed by atoms with Gasteiger partial charge in [0.15, 0.2) is 0 Å². The molecule has 0 aromatic heterocycles. The fourth-order valence-corrected chi connectivity index (χ4v) is 2.86. The lowest BCUT2D eigenvalue weighted by Gasteiger charge is -2.36. The molecule has 1 aromatic carbocycles. The van der Waals surface area contributed by atoms with Crippen molar-refractivity contribution in [2.45, 2.75) is 25.9 Å². The third-order valence-electron chi connectivity index (χ3n) is 3.50. The lowest BCUT2D eigenvalue weighted by Crippen LogP contribution is -2.44. The van der Waals surface area contributed by atoms with Gasteiger partial charge in [-0.15, -0.1) is 0 Å². The number of halogens is 2. The number of rotatable bonds is 7. The normalized spacial score (nSPS) is 14.8. The molecule has 2 N–H and O–H groups in total. The summed E-state index contributed by atoms with van der Waals surface area (Å²) in [5.74, 6) is -0.250. The summed E-state index contributed by atoms with van der Waals surface area (Å²) in [5, 5.41) is 0.538. The van der Waals surface area contributed by atoms with Crippen LogP contribution in [0.1, 0.15) is 25.5 Å². The topological polar surface area (TPSA) is 32.5 Å². The zero-order chi connectivity index (χ0) is 15.3. The highest BCUT2D eigenvalue weighted by Crippen LogP contribution is 2.27. The molecular weight excluding hydrogens is 277 g/mol. The van der Waals surface area contributed by atoms with Crippen LogP contribution in [0, 0.1) is 5.82 Å². The summed E-state index contributed by atoms with van der Waals surface area (Å²) < 4.78 is 14.1. The molecule has 114 valence electrons. The van der Waals surface area contributed by atoms with Gasteiger partial charge in [-0.2, -0.15) is 0 Å². The van der Waals surface area contributed by atoms with Crippen LogP contribution in [-0.4, -0.2) is 49.6 Å². The first-order valence-electron chi connectivity index (χ1n) is 6.96. The highest BCUT2D eigenvalue weighted by Gasteiger charge is 2.25. The van der Waals surface area contributed by atoms with Crippen molar-refractivity contribution in [3.8, 4) is 0 Å². The van der Waals surface area contributed by atoms with E-state index in [4.69, 9.17) is 17.3 Å². The van der Waals surface area contributed by atoms with Crippen molar-refractivity contribution in [2.75, 3.05) is 33.7 Å². The molecule has 0 radical (unpaired) electrons.